The summed E-state index contributed by atoms with van der Waals surface area (Å²) in [7, 11) is 0. The van der Waals surface area contributed by atoms with Gasteiger partial charge in [-0.05, 0) is 111 Å². The van der Waals surface area contributed by atoms with Gasteiger partial charge in [0.1, 0.15) is 24.4 Å². The Balaban J connectivity index is 1.15. The molecule has 8 nitrogen and oxygen atoms in total. The molecule has 5 fully saturated rings. The first-order valence-electron chi connectivity index (χ1n) is 16.5. The highest BCUT2D eigenvalue weighted by Gasteiger charge is 2.62. The minimum Gasteiger partial charge on any atom is -0.394 e. The topological polar surface area (TPSA) is 132 Å². The van der Waals surface area contributed by atoms with Crippen LogP contribution in [-0.2, 0) is 9.47 Å². The lowest BCUT2D eigenvalue weighted by molar-refractivity contribution is -0.313. The molecule has 6 aliphatic rings. The molecule has 6 N–H and O–H groups in total. The van der Waals surface area contributed by atoms with E-state index in [4.69, 9.17) is 9.47 Å². The van der Waals surface area contributed by atoms with Crippen molar-refractivity contribution in [2.45, 2.75) is 134 Å². The van der Waals surface area contributed by atoms with Crippen LogP contribution in [0, 0.1) is 46.3 Å². The monoisotopic (exact) mass is 577 g/mol. The molecule has 6 rings (SSSR count). The molecule has 0 aromatic heterocycles. The van der Waals surface area contributed by atoms with Crippen molar-refractivity contribution in [3.8, 4) is 0 Å². The van der Waals surface area contributed by atoms with Crippen molar-refractivity contribution in [3.05, 3.63) is 11.6 Å². The van der Waals surface area contributed by atoms with Crippen LogP contribution in [0.2, 0.25) is 0 Å². The second kappa shape index (κ2) is 11.4. The zero-order chi connectivity index (χ0) is 29.3. The predicted molar refractivity (Wildman–Crippen MR) is 155 cm³/mol. The molecule has 1 unspecified atom stereocenters. The van der Waals surface area contributed by atoms with Gasteiger partial charge in [0.25, 0.3) is 0 Å². The maximum absolute atomic E-state index is 11.6. The van der Waals surface area contributed by atoms with Crippen molar-refractivity contribution < 1.29 is 35.0 Å². The summed E-state index contributed by atoms with van der Waals surface area (Å²) in [5.74, 6) is 3.31. The van der Waals surface area contributed by atoms with Crippen LogP contribution in [0.1, 0.15) is 85.5 Å². The van der Waals surface area contributed by atoms with Crippen LogP contribution in [0.5, 0.6) is 0 Å². The summed E-state index contributed by atoms with van der Waals surface area (Å²) in [5, 5.41) is 55.8. The molecular formula is C33H55NO7. The van der Waals surface area contributed by atoms with E-state index >= 15 is 0 Å². The van der Waals surface area contributed by atoms with Crippen molar-refractivity contribution in [2.24, 2.45) is 46.3 Å². The van der Waals surface area contributed by atoms with Gasteiger partial charge in [-0.2, -0.15) is 0 Å². The molecule has 2 aliphatic heterocycles. The van der Waals surface area contributed by atoms with Crippen molar-refractivity contribution in [2.75, 3.05) is 13.2 Å². The van der Waals surface area contributed by atoms with E-state index in [9.17, 15) is 25.5 Å². The van der Waals surface area contributed by atoms with Gasteiger partial charge in [0.2, 0.25) is 0 Å². The van der Waals surface area contributed by atoms with Gasteiger partial charge in [0.05, 0.1) is 18.8 Å². The molecule has 2 heterocycles. The number of piperidine rings is 1. The average Bonchev–Trinajstić information content (AvgIpc) is 3.23. The number of allylic oxidation sites excluding steroid dienone is 1. The Bertz CT molecular complexity index is 967. The Labute approximate surface area is 245 Å². The summed E-state index contributed by atoms with van der Waals surface area (Å²) in [6, 6.07) is 0.508. The van der Waals surface area contributed by atoms with Gasteiger partial charge in [0.15, 0.2) is 6.29 Å². The number of nitrogens with one attached hydrogen (secondary N) is 1. The third-order valence-electron chi connectivity index (χ3n) is 13.2. The first kappa shape index (κ1) is 30.4. The van der Waals surface area contributed by atoms with E-state index in [1.807, 2.05) is 0 Å². The Morgan fingerprint density at radius 3 is 2.51 bits per heavy atom. The first-order chi connectivity index (χ1) is 19.5. The van der Waals surface area contributed by atoms with Gasteiger partial charge < -0.3 is 40.3 Å². The fourth-order valence-corrected chi connectivity index (χ4v) is 10.8. The molecule has 3 saturated carbocycles. The fourth-order valence-electron chi connectivity index (χ4n) is 10.8. The number of aliphatic hydroxyl groups is 5. The first-order valence-corrected chi connectivity index (χ1v) is 16.5. The number of hydrogen-bond donors (Lipinski definition) is 6. The van der Waals surface area contributed by atoms with Crippen LogP contribution >= 0.6 is 0 Å². The number of hydrogen-bond acceptors (Lipinski definition) is 8. The second-order valence-electron chi connectivity index (χ2n) is 15.4. The number of aliphatic hydroxyl groups excluding tert-OH is 5. The minimum atomic E-state index is -1.42. The van der Waals surface area contributed by atoms with Gasteiger partial charge >= 0.3 is 0 Å². The highest BCUT2D eigenvalue weighted by Crippen LogP contribution is 2.67. The Kier molecular flexibility index (Phi) is 8.47. The number of ether oxygens (including phenoxy) is 2. The molecule has 0 amide bonds. The highest BCUT2D eigenvalue weighted by atomic mass is 16.7. The quantitative estimate of drug-likeness (QED) is 0.275. The fraction of sp³-hybridized carbons (Fsp3) is 0.939. The molecule has 0 spiro atoms. The summed E-state index contributed by atoms with van der Waals surface area (Å²) >= 11 is 0. The third kappa shape index (κ3) is 5.06. The van der Waals surface area contributed by atoms with E-state index < -0.39 is 37.3 Å². The molecule has 0 aromatic rings. The van der Waals surface area contributed by atoms with E-state index in [1.54, 1.807) is 0 Å². The Morgan fingerprint density at radius 2 is 1.80 bits per heavy atom. The van der Waals surface area contributed by atoms with Crippen LogP contribution in [-0.4, -0.2) is 87.6 Å². The molecular weight excluding hydrogens is 522 g/mol. The van der Waals surface area contributed by atoms with Gasteiger partial charge in [0, 0.05) is 6.04 Å². The summed E-state index contributed by atoms with van der Waals surface area (Å²) < 4.78 is 11.8. The van der Waals surface area contributed by atoms with Crippen LogP contribution in [0.25, 0.3) is 0 Å². The predicted octanol–water partition coefficient (Wildman–Crippen LogP) is 2.75. The molecule has 0 radical (unpaired) electrons. The van der Waals surface area contributed by atoms with E-state index in [1.165, 1.54) is 31.3 Å². The van der Waals surface area contributed by atoms with Gasteiger partial charge in [-0.1, -0.05) is 39.3 Å². The van der Waals surface area contributed by atoms with E-state index in [0.717, 1.165) is 44.6 Å². The van der Waals surface area contributed by atoms with E-state index in [0.29, 0.717) is 35.6 Å². The molecule has 0 aromatic carbocycles. The summed E-state index contributed by atoms with van der Waals surface area (Å²) in [6.07, 6.45) is 5.37. The normalized spacial score (nSPS) is 54.5. The molecule has 0 bridgehead atoms. The number of fused-ring (bicyclic) bond motifs is 5. The lowest BCUT2D eigenvalue weighted by Crippen LogP contribution is -2.60. The largest absolute Gasteiger partial charge is 0.394 e. The van der Waals surface area contributed by atoms with Crippen molar-refractivity contribution in [3.63, 3.8) is 0 Å². The van der Waals surface area contributed by atoms with Crippen LogP contribution in [0.4, 0.5) is 0 Å². The lowest BCUT2D eigenvalue weighted by atomic mass is 9.47. The molecule has 4 aliphatic carbocycles. The zero-order valence-corrected chi connectivity index (χ0v) is 25.5. The van der Waals surface area contributed by atoms with Crippen molar-refractivity contribution >= 4 is 0 Å². The summed E-state index contributed by atoms with van der Waals surface area (Å²) in [5.41, 5.74) is 1.72. The Hall–Kier alpha value is -0.580. The third-order valence-corrected chi connectivity index (χ3v) is 13.2. The van der Waals surface area contributed by atoms with Crippen LogP contribution in [0.3, 0.4) is 0 Å². The van der Waals surface area contributed by atoms with Gasteiger partial charge in [-0.3, -0.25) is 0 Å². The maximum atomic E-state index is 11.6. The van der Waals surface area contributed by atoms with Crippen molar-refractivity contribution in [1.82, 2.24) is 5.32 Å². The smallest absolute Gasteiger partial charge is 0.186 e. The maximum Gasteiger partial charge on any atom is 0.186 e. The van der Waals surface area contributed by atoms with Crippen molar-refractivity contribution in [1.29, 1.82) is 0 Å². The SMILES string of the molecule is C[C@H]1CC[C@H]([C@@H](C)[C@H]2[C@@H](O)C[C@H]3[C@@H]4CC=C5CC(O[C@@H]6O[C@H](CO)[C@@H](O)[C@H](O)[C@H]6O)CC[C@]5(C)[C@H]4CC[C@]23C)NC1. The average molecular weight is 578 g/mol. The molecule has 16 atom stereocenters. The zero-order valence-electron chi connectivity index (χ0n) is 25.5. The van der Waals surface area contributed by atoms with Crippen LogP contribution in [0.15, 0.2) is 11.6 Å². The van der Waals surface area contributed by atoms with Gasteiger partial charge in [-0.25, -0.2) is 0 Å². The molecule has 8 heteroatoms. The second-order valence-corrected chi connectivity index (χ2v) is 15.4. The molecule has 41 heavy (non-hydrogen) atoms. The molecule has 2 saturated heterocycles. The number of rotatable bonds is 5. The minimum absolute atomic E-state index is 0.106. The highest BCUT2D eigenvalue weighted by molar-refractivity contribution is 5.26. The van der Waals surface area contributed by atoms with E-state index in [-0.39, 0.29) is 23.0 Å². The van der Waals surface area contributed by atoms with Crippen LogP contribution < -0.4 is 5.32 Å². The van der Waals surface area contributed by atoms with Gasteiger partial charge in [-0.15, -0.1) is 0 Å². The lowest BCUT2D eigenvalue weighted by Gasteiger charge is -2.58. The standard InChI is InChI=1S/C33H55NO7/c1-17-5-8-24(34-15-17)18(2)27-25(36)14-23-21-7-6-19-13-20(9-11-32(19,3)22(21)10-12-33(23,27)4)40-31-30(39)29(38)28(37)26(16-35)41-31/h6,17-18,20-31,34-39H,5,7-16H2,1-4H3/t17-,18+,20?,21+,22-,23-,24+,25-,26+,27-,28+,29-,30+,31+,32-,33-/m0/s1. The summed E-state index contributed by atoms with van der Waals surface area (Å²) in [4.78, 5) is 0. The summed E-state index contributed by atoms with van der Waals surface area (Å²) in [6.45, 7) is 10.3. The Morgan fingerprint density at radius 1 is 1.02 bits per heavy atom. The molecule has 234 valence electrons. The van der Waals surface area contributed by atoms with E-state index in [2.05, 4.69) is 39.1 Å².